The molecule has 1 aliphatic rings. The van der Waals surface area contributed by atoms with Crippen molar-refractivity contribution in [1.82, 2.24) is 5.16 Å². The smallest absolute Gasteiger partial charge is 0.301 e. The standard InChI is InChI=1S/C23H19ClN2O6/c1-12-10-18(25-32-12)26-20(14-6-4-5-7-16(14)30-2)19(22(28)23(26)29)21(27)13-8-9-17(31-3)15(24)11-13/h4-11,20,27H,1-3H3. The second-order valence-electron chi connectivity index (χ2n) is 7.06. The molecule has 0 bridgehead atoms. The Morgan fingerprint density at radius 1 is 1.09 bits per heavy atom. The summed E-state index contributed by atoms with van der Waals surface area (Å²) in [6, 6.07) is 12.0. The number of methoxy groups -OCH3 is 2. The van der Waals surface area contributed by atoms with Crippen LogP contribution in [0.1, 0.15) is 22.9 Å². The van der Waals surface area contributed by atoms with Crippen molar-refractivity contribution >= 4 is 34.9 Å². The third-order valence-electron chi connectivity index (χ3n) is 5.17. The number of aryl methyl sites for hydroxylation is 1. The Bertz CT molecular complexity index is 1250. The molecule has 0 saturated carbocycles. The summed E-state index contributed by atoms with van der Waals surface area (Å²) in [5.41, 5.74) is 0.627. The van der Waals surface area contributed by atoms with Gasteiger partial charge in [-0.1, -0.05) is 35.0 Å². The summed E-state index contributed by atoms with van der Waals surface area (Å²) in [6.07, 6.45) is 0. The minimum atomic E-state index is -1.00. The second-order valence-corrected chi connectivity index (χ2v) is 7.46. The van der Waals surface area contributed by atoms with Crippen LogP contribution in [-0.2, 0) is 9.59 Å². The van der Waals surface area contributed by atoms with Crippen LogP contribution in [0.25, 0.3) is 5.76 Å². The van der Waals surface area contributed by atoms with Gasteiger partial charge in [0.05, 0.1) is 24.8 Å². The lowest BCUT2D eigenvalue weighted by Gasteiger charge is -2.24. The van der Waals surface area contributed by atoms with Crippen molar-refractivity contribution in [1.29, 1.82) is 0 Å². The first-order valence-electron chi connectivity index (χ1n) is 9.58. The number of ketones is 1. The number of halogens is 1. The maximum atomic E-state index is 13.1. The number of hydrogen-bond donors (Lipinski definition) is 1. The zero-order chi connectivity index (χ0) is 23.0. The minimum absolute atomic E-state index is 0.124. The normalized spacial score (nSPS) is 17.6. The molecule has 1 atom stereocenters. The number of aliphatic hydroxyl groups is 1. The molecule has 3 aromatic rings. The molecule has 0 aliphatic carbocycles. The first kappa shape index (κ1) is 21.5. The highest BCUT2D eigenvalue weighted by Gasteiger charge is 2.49. The van der Waals surface area contributed by atoms with E-state index in [9.17, 15) is 14.7 Å². The van der Waals surface area contributed by atoms with Crippen LogP contribution in [-0.4, -0.2) is 36.2 Å². The van der Waals surface area contributed by atoms with E-state index in [1.807, 2.05) is 0 Å². The molecule has 2 heterocycles. The number of aliphatic hydroxyl groups excluding tert-OH is 1. The maximum absolute atomic E-state index is 13.1. The van der Waals surface area contributed by atoms with E-state index in [4.69, 9.17) is 25.6 Å². The Labute approximate surface area is 188 Å². The molecule has 1 N–H and O–H groups in total. The van der Waals surface area contributed by atoms with Gasteiger partial charge >= 0.3 is 5.91 Å². The quantitative estimate of drug-likeness (QED) is 0.348. The van der Waals surface area contributed by atoms with Gasteiger partial charge in [0.25, 0.3) is 5.78 Å². The van der Waals surface area contributed by atoms with Gasteiger partial charge in [0.1, 0.15) is 29.1 Å². The van der Waals surface area contributed by atoms with Gasteiger partial charge in [-0.25, -0.2) is 0 Å². The Morgan fingerprint density at radius 3 is 2.44 bits per heavy atom. The number of amides is 1. The molecular weight excluding hydrogens is 436 g/mol. The fourth-order valence-corrected chi connectivity index (χ4v) is 3.95. The van der Waals surface area contributed by atoms with Crippen molar-refractivity contribution in [2.45, 2.75) is 13.0 Å². The number of aromatic nitrogens is 1. The van der Waals surface area contributed by atoms with Gasteiger partial charge in [0.15, 0.2) is 5.82 Å². The average molecular weight is 455 g/mol. The highest BCUT2D eigenvalue weighted by atomic mass is 35.5. The molecule has 0 radical (unpaired) electrons. The zero-order valence-corrected chi connectivity index (χ0v) is 18.2. The Morgan fingerprint density at radius 2 is 1.81 bits per heavy atom. The Balaban J connectivity index is 1.97. The third-order valence-corrected chi connectivity index (χ3v) is 5.46. The fraction of sp³-hybridized carbons (Fsp3) is 0.174. The van der Waals surface area contributed by atoms with Crippen LogP contribution in [0.5, 0.6) is 11.5 Å². The Hall–Kier alpha value is -3.78. The van der Waals surface area contributed by atoms with Crippen molar-refractivity contribution in [3.05, 3.63) is 76.0 Å². The van der Waals surface area contributed by atoms with Gasteiger partial charge in [0, 0.05) is 17.2 Å². The molecule has 2 aromatic carbocycles. The highest BCUT2D eigenvalue weighted by molar-refractivity contribution is 6.51. The number of anilines is 1. The van der Waals surface area contributed by atoms with Crippen LogP contribution < -0.4 is 14.4 Å². The number of ether oxygens (including phenoxy) is 2. The predicted molar refractivity (Wildman–Crippen MR) is 117 cm³/mol. The summed E-state index contributed by atoms with van der Waals surface area (Å²) >= 11 is 6.21. The fourth-order valence-electron chi connectivity index (χ4n) is 3.69. The van der Waals surface area contributed by atoms with Crippen LogP contribution in [0.15, 0.2) is 58.6 Å². The average Bonchev–Trinajstić information content (AvgIpc) is 3.33. The molecule has 1 saturated heterocycles. The monoisotopic (exact) mass is 454 g/mol. The van der Waals surface area contributed by atoms with Gasteiger partial charge in [0.2, 0.25) is 0 Å². The van der Waals surface area contributed by atoms with E-state index in [1.54, 1.807) is 43.3 Å². The molecule has 4 rings (SSSR count). The van der Waals surface area contributed by atoms with Gasteiger partial charge in [-0.15, -0.1) is 0 Å². The van der Waals surface area contributed by atoms with Gasteiger partial charge < -0.3 is 19.1 Å². The van der Waals surface area contributed by atoms with Crippen molar-refractivity contribution in [3.8, 4) is 11.5 Å². The van der Waals surface area contributed by atoms with Crippen molar-refractivity contribution in [2.75, 3.05) is 19.1 Å². The maximum Gasteiger partial charge on any atom is 0.301 e. The highest BCUT2D eigenvalue weighted by Crippen LogP contribution is 2.45. The number of carbonyl (C=O) groups excluding carboxylic acids is 2. The van der Waals surface area contributed by atoms with E-state index in [2.05, 4.69) is 5.16 Å². The molecule has 32 heavy (non-hydrogen) atoms. The predicted octanol–water partition coefficient (Wildman–Crippen LogP) is 4.28. The molecule has 1 amide bonds. The van der Waals surface area contributed by atoms with E-state index < -0.39 is 17.7 Å². The minimum Gasteiger partial charge on any atom is -0.507 e. The lowest BCUT2D eigenvalue weighted by Crippen LogP contribution is -2.29. The van der Waals surface area contributed by atoms with Crippen molar-refractivity contribution in [2.24, 2.45) is 0 Å². The molecule has 1 fully saturated rings. The number of benzene rings is 2. The molecule has 9 heteroatoms. The molecule has 1 unspecified atom stereocenters. The summed E-state index contributed by atoms with van der Waals surface area (Å²) in [5, 5.41) is 15.3. The van der Waals surface area contributed by atoms with E-state index in [1.165, 1.54) is 31.3 Å². The lowest BCUT2D eigenvalue weighted by atomic mass is 9.94. The number of rotatable bonds is 5. The molecule has 164 valence electrons. The summed E-state index contributed by atoms with van der Waals surface area (Å²) in [4.78, 5) is 27.4. The molecule has 1 aliphatic heterocycles. The first-order chi connectivity index (χ1) is 15.4. The summed E-state index contributed by atoms with van der Waals surface area (Å²) in [5.74, 6) is -0.658. The van der Waals surface area contributed by atoms with Crippen molar-refractivity contribution < 1.29 is 28.7 Å². The molecule has 8 nitrogen and oxygen atoms in total. The summed E-state index contributed by atoms with van der Waals surface area (Å²) < 4.78 is 15.7. The van der Waals surface area contributed by atoms with Crippen LogP contribution >= 0.6 is 11.6 Å². The zero-order valence-electron chi connectivity index (χ0n) is 17.5. The number of Topliss-reactive ketones (excluding diaryl/α,β-unsaturated/α-hetero) is 1. The SMILES string of the molecule is COc1ccc(C(O)=C2C(=O)C(=O)N(c3cc(C)on3)C2c2ccccc2OC)cc1Cl. The lowest BCUT2D eigenvalue weighted by molar-refractivity contribution is -0.132. The van der Waals surface area contributed by atoms with Crippen LogP contribution in [0.2, 0.25) is 5.02 Å². The van der Waals surface area contributed by atoms with Gasteiger partial charge in [-0.05, 0) is 31.2 Å². The third kappa shape index (κ3) is 3.48. The molecule has 0 spiro atoms. The van der Waals surface area contributed by atoms with Crippen LogP contribution in [0, 0.1) is 6.92 Å². The topological polar surface area (TPSA) is 102 Å². The number of hydrogen-bond acceptors (Lipinski definition) is 7. The van der Waals surface area contributed by atoms with Crippen LogP contribution in [0.3, 0.4) is 0 Å². The summed E-state index contributed by atoms with van der Waals surface area (Å²) in [7, 11) is 2.95. The first-order valence-corrected chi connectivity index (χ1v) is 9.96. The largest absolute Gasteiger partial charge is 0.507 e. The van der Waals surface area contributed by atoms with E-state index >= 15 is 0 Å². The number of para-hydroxylation sites is 1. The second kappa shape index (κ2) is 8.39. The Kier molecular flexibility index (Phi) is 5.63. The van der Waals surface area contributed by atoms with Crippen molar-refractivity contribution in [3.63, 3.8) is 0 Å². The van der Waals surface area contributed by atoms with E-state index in [0.717, 1.165) is 0 Å². The number of carbonyl (C=O) groups is 2. The van der Waals surface area contributed by atoms with Gasteiger partial charge in [-0.2, -0.15) is 0 Å². The van der Waals surface area contributed by atoms with E-state index in [0.29, 0.717) is 22.8 Å². The summed E-state index contributed by atoms with van der Waals surface area (Å²) in [6.45, 7) is 1.67. The van der Waals surface area contributed by atoms with Gasteiger partial charge in [-0.3, -0.25) is 14.5 Å². The number of nitrogens with zero attached hydrogens (tertiary/aromatic N) is 2. The van der Waals surface area contributed by atoms with E-state index in [-0.39, 0.29) is 27.7 Å². The molecular formula is C23H19ClN2O6. The molecule has 1 aromatic heterocycles. The van der Waals surface area contributed by atoms with Crippen LogP contribution in [0.4, 0.5) is 5.82 Å².